The zero-order chi connectivity index (χ0) is 27.4. The Kier molecular flexibility index (Phi) is 6.08. The molecule has 196 valence electrons. The van der Waals surface area contributed by atoms with E-state index >= 15 is 0 Å². The van der Waals surface area contributed by atoms with Crippen LogP contribution < -0.4 is 0 Å². The van der Waals surface area contributed by atoms with Crippen molar-refractivity contribution < 1.29 is 0 Å². The highest BCUT2D eigenvalue weighted by atomic mass is 14.4. The van der Waals surface area contributed by atoms with Gasteiger partial charge >= 0.3 is 0 Å². The van der Waals surface area contributed by atoms with Gasteiger partial charge in [0.1, 0.15) is 0 Å². The fraction of sp³-hybridized carbons (Fsp3) is 0.200. The zero-order valence-corrected chi connectivity index (χ0v) is 23.9. The van der Waals surface area contributed by atoms with Gasteiger partial charge < -0.3 is 0 Å². The van der Waals surface area contributed by atoms with Crippen molar-refractivity contribution in [3.8, 4) is 0 Å². The zero-order valence-electron chi connectivity index (χ0n) is 23.9. The van der Waals surface area contributed by atoms with E-state index in [-0.39, 0.29) is 0 Å². The second kappa shape index (κ2) is 9.79. The van der Waals surface area contributed by atoms with Crippen LogP contribution in [0.4, 0.5) is 0 Å². The molecular formula is C40H36. The molecule has 0 aliphatic heterocycles. The van der Waals surface area contributed by atoms with E-state index in [1.807, 2.05) is 0 Å². The average molecular weight is 517 g/mol. The average Bonchev–Trinajstić information content (AvgIpc) is 3.73. The third kappa shape index (κ3) is 3.81. The van der Waals surface area contributed by atoms with E-state index in [4.69, 9.17) is 0 Å². The molecule has 0 N–H and O–H groups in total. The van der Waals surface area contributed by atoms with E-state index in [0.717, 1.165) is 0 Å². The van der Waals surface area contributed by atoms with E-state index in [1.165, 1.54) is 66.8 Å². The fourth-order valence-electron chi connectivity index (χ4n) is 7.36. The summed E-state index contributed by atoms with van der Waals surface area (Å²) < 4.78 is 0. The topological polar surface area (TPSA) is 0 Å². The summed E-state index contributed by atoms with van der Waals surface area (Å²) in [5.74, 6) is 2.38. The van der Waals surface area contributed by atoms with Gasteiger partial charge in [0.15, 0.2) is 0 Å². The van der Waals surface area contributed by atoms with Crippen LogP contribution in [0.15, 0.2) is 109 Å². The second-order valence-corrected chi connectivity index (χ2v) is 11.8. The monoisotopic (exact) mass is 516 g/mol. The van der Waals surface area contributed by atoms with Crippen LogP contribution in [0.25, 0.3) is 34.4 Å². The van der Waals surface area contributed by atoms with Crippen molar-refractivity contribution in [2.45, 2.75) is 39.5 Å². The molecule has 0 bridgehead atoms. The number of hydrogen-bond donors (Lipinski definition) is 0. The summed E-state index contributed by atoms with van der Waals surface area (Å²) in [5.41, 5.74) is 17.3. The molecule has 4 atom stereocenters. The maximum Gasteiger partial charge on any atom is -0.0108 e. The molecule has 0 saturated carbocycles. The Balaban J connectivity index is 0.000000132. The van der Waals surface area contributed by atoms with Gasteiger partial charge in [0.25, 0.3) is 0 Å². The first kappa shape index (κ1) is 24.9. The Morgan fingerprint density at radius 1 is 0.350 bits per heavy atom. The van der Waals surface area contributed by atoms with Gasteiger partial charge in [-0.3, -0.25) is 0 Å². The molecular weight excluding hydrogens is 480 g/mol. The highest BCUT2D eigenvalue weighted by Crippen LogP contribution is 2.51. The molecule has 0 radical (unpaired) electrons. The Morgan fingerprint density at radius 3 is 1.12 bits per heavy atom. The van der Waals surface area contributed by atoms with Crippen molar-refractivity contribution in [2.24, 2.45) is 11.8 Å². The third-order valence-corrected chi connectivity index (χ3v) is 9.84. The van der Waals surface area contributed by atoms with Gasteiger partial charge in [-0.1, -0.05) is 149 Å². The van der Waals surface area contributed by atoms with Gasteiger partial charge in [-0.25, -0.2) is 0 Å². The quantitative estimate of drug-likeness (QED) is 0.218. The van der Waals surface area contributed by atoms with E-state index in [2.05, 4.69) is 149 Å². The molecule has 0 fully saturated rings. The molecule has 4 unspecified atom stereocenters. The van der Waals surface area contributed by atoms with Crippen molar-refractivity contribution in [1.82, 2.24) is 0 Å². The molecule has 40 heavy (non-hydrogen) atoms. The largest absolute Gasteiger partial charge is 0.0619 e. The Morgan fingerprint density at radius 2 is 0.700 bits per heavy atom. The molecule has 4 aromatic carbocycles. The van der Waals surface area contributed by atoms with E-state index in [9.17, 15) is 0 Å². The summed E-state index contributed by atoms with van der Waals surface area (Å²) in [5, 5.41) is 0. The van der Waals surface area contributed by atoms with Gasteiger partial charge in [-0.05, 0) is 90.5 Å². The molecule has 0 heterocycles. The molecule has 8 rings (SSSR count). The van der Waals surface area contributed by atoms with Crippen LogP contribution in [0.1, 0.15) is 84.0 Å². The normalized spacial score (nSPS) is 26.7. The van der Waals surface area contributed by atoms with Crippen molar-refractivity contribution in [1.29, 1.82) is 0 Å². The first-order valence-electron chi connectivity index (χ1n) is 14.8. The van der Waals surface area contributed by atoms with Crippen LogP contribution in [0.3, 0.4) is 0 Å². The summed E-state index contributed by atoms with van der Waals surface area (Å²) in [4.78, 5) is 0. The molecule has 0 aromatic heterocycles. The lowest BCUT2D eigenvalue weighted by Gasteiger charge is -2.14. The molecule has 0 heteroatoms. The number of fused-ring (bicyclic) bond motifs is 4. The van der Waals surface area contributed by atoms with E-state index < -0.39 is 0 Å². The molecule has 4 aliphatic rings. The number of benzene rings is 4. The number of allylic oxidation sites excluding steroid dienone is 6. The van der Waals surface area contributed by atoms with Crippen molar-refractivity contribution in [3.63, 3.8) is 0 Å². The summed E-state index contributed by atoms with van der Waals surface area (Å²) >= 11 is 0. The van der Waals surface area contributed by atoms with E-state index in [1.54, 1.807) is 0 Å². The van der Waals surface area contributed by atoms with Crippen LogP contribution in [-0.2, 0) is 0 Å². The maximum atomic E-state index is 2.36. The van der Waals surface area contributed by atoms with Crippen molar-refractivity contribution in [2.75, 3.05) is 0 Å². The first-order chi connectivity index (χ1) is 19.5. The minimum atomic E-state index is 0.582. The lowest BCUT2D eigenvalue weighted by atomic mass is 9.89. The smallest absolute Gasteiger partial charge is 0.0108 e. The molecule has 0 nitrogen and oxygen atoms in total. The second-order valence-electron chi connectivity index (χ2n) is 11.8. The highest BCUT2D eigenvalue weighted by molar-refractivity contribution is 6.06. The summed E-state index contributed by atoms with van der Waals surface area (Å²) in [6, 6.07) is 35.2. The van der Waals surface area contributed by atoms with Gasteiger partial charge in [0.05, 0.1) is 0 Å². The SMILES string of the molecule is CC1/C(=C2/C=Cc3ccccc32)c2ccccc2C1C.CC1/C(=C2\C=Cc3ccccc32)c2ccccc2C1C. The van der Waals surface area contributed by atoms with Crippen LogP contribution in [0.5, 0.6) is 0 Å². The summed E-state index contributed by atoms with van der Waals surface area (Å²) in [6.07, 6.45) is 9.09. The minimum Gasteiger partial charge on any atom is -0.0619 e. The lowest BCUT2D eigenvalue weighted by molar-refractivity contribution is 0.637. The van der Waals surface area contributed by atoms with Crippen LogP contribution in [-0.4, -0.2) is 0 Å². The third-order valence-electron chi connectivity index (χ3n) is 9.84. The maximum absolute atomic E-state index is 2.36. The van der Waals surface area contributed by atoms with Gasteiger partial charge in [-0.15, -0.1) is 0 Å². The molecule has 4 aliphatic carbocycles. The fourth-order valence-corrected chi connectivity index (χ4v) is 7.36. The number of rotatable bonds is 0. The summed E-state index contributed by atoms with van der Waals surface area (Å²) in [6.45, 7) is 9.42. The Bertz CT molecular complexity index is 1620. The minimum absolute atomic E-state index is 0.582. The molecule has 0 spiro atoms. The molecule has 0 saturated heterocycles. The van der Waals surface area contributed by atoms with Crippen molar-refractivity contribution in [3.05, 3.63) is 154 Å². The predicted octanol–water partition coefficient (Wildman–Crippen LogP) is 10.8. The van der Waals surface area contributed by atoms with Gasteiger partial charge in [0.2, 0.25) is 0 Å². The first-order valence-corrected chi connectivity index (χ1v) is 14.8. The van der Waals surface area contributed by atoms with Crippen LogP contribution >= 0.6 is 0 Å². The van der Waals surface area contributed by atoms with Crippen molar-refractivity contribution >= 4 is 34.4 Å². The van der Waals surface area contributed by atoms with Gasteiger partial charge in [0, 0.05) is 0 Å². The summed E-state index contributed by atoms with van der Waals surface area (Å²) in [7, 11) is 0. The Labute approximate surface area is 239 Å². The lowest BCUT2D eigenvalue weighted by Crippen LogP contribution is -1.99. The Hall–Kier alpha value is -4.16. The molecule has 0 amide bonds. The van der Waals surface area contributed by atoms with Crippen LogP contribution in [0, 0.1) is 11.8 Å². The highest BCUT2D eigenvalue weighted by Gasteiger charge is 2.34. The van der Waals surface area contributed by atoms with E-state index in [0.29, 0.717) is 23.7 Å². The predicted molar refractivity (Wildman–Crippen MR) is 173 cm³/mol. The standard InChI is InChI=1S/2C20H18/c2*1-13-14(2)20(18-10-6-5-8-16(13)18)19-12-11-15-7-3-4-9-17(15)19/h2*3-14H,1-2H3/b20-19+;20-19-. The molecule has 4 aromatic rings. The number of hydrogen-bond acceptors (Lipinski definition) is 0. The van der Waals surface area contributed by atoms with Gasteiger partial charge in [-0.2, -0.15) is 0 Å². The van der Waals surface area contributed by atoms with Crippen LogP contribution in [0.2, 0.25) is 0 Å².